The normalized spacial score (nSPS) is 13.3. The van der Waals surface area contributed by atoms with E-state index < -0.39 is 7.82 Å². The highest BCUT2D eigenvalue weighted by Crippen LogP contribution is 2.43. The molecule has 218 valence electrons. The zero-order valence-corrected chi connectivity index (χ0v) is 25.3. The molecule has 0 aliphatic heterocycles. The number of benzene rings is 1. The molecule has 0 heterocycles. The fourth-order valence-corrected chi connectivity index (χ4v) is 5.08. The molecule has 1 N–H and O–H groups in total. The molecule has 0 aliphatic carbocycles. The molecule has 0 saturated heterocycles. The maximum Gasteiger partial charge on any atom is 0.472 e. The van der Waals surface area contributed by atoms with Gasteiger partial charge in [-0.2, -0.15) is 0 Å². The molecule has 0 bridgehead atoms. The van der Waals surface area contributed by atoms with Crippen LogP contribution in [0.15, 0.2) is 29.4 Å². The van der Waals surface area contributed by atoms with Gasteiger partial charge in [0.1, 0.15) is 13.2 Å². The Hall–Kier alpha value is -1.40. The van der Waals surface area contributed by atoms with Crippen LogP contribution >= 0.6 is 7.82 Å². The van der Waals surface area contributed by atoms with E-state index in [1.54, 1.807) is 0 Å². The number of azide groups is 1. The lowest BCUT2D eigenvalue weighted by atomic mass is 10.0. The Morgan fingerprint density at radius 1 is 0.737 bits per heavy atom. The molecule has 8 nitrogen and oxygen atoms in total. The van der Waals surface area contributed by atoms with Gasteiger partial charge in [-0.3, -0.25) is 9.05 Å². The van der Waals surface area contributed by atoms with E-state index in [1.807, 2.05) is 33.3 Å². The highest BCUT2D eigenvalue weighted by atomic mass is 31.2. The number of nitrogens with zero attached hydrogens (tertiary/aromatic N) is 4. The molecule has 0 spiro atoms. The van der Waals surface area contributed by atoms with E-state index in [-0.39, 0.29) is 13.2 Å². The number of likely N-dealkylation sites (N-methyl/N-ethyl adjacent to an activating group) is 1. The average Bonchev–Trinajstić information content (AvgIpc) is 2.85. The summed E-state index contributed by atoms with van der Waals surface area (Å²) in [5.41, 5.74) is 10.4. The number of hydrogen-bond acceptors (Lipinski definition) is 4. The summed E-state index contributed by atoms with van der Waals surface area (Å²) in [4.78, 5) is 12.5. The molecule has 1 rings (SSSR count). The highest BCUT2D eigenvalue weighted by Gasteiger charge is 2.21. The number of hydrogen-bond donors (Lipinski definition) is 1. The zero-order chi connectivity index (χ0) is 28.0. The van der Waals surface area contributed by atoms with Crippen LogP contribution in [0.25, 0.3) is 10.4 Å². The van der Waals surface area contributed by atoms with Gasteiger partial charge < -0.3 is 9.38 Å². The monoisotopic (exact) mass is 553 g/mol. The van der Waals surface area contributed by atoms with Gasteiger partial charge in [0.25, 0.3) is 0 Å². The summed E-state index contributed by atoms with van der Waals surface area (Å²) in [6, 6.07) is 7.90. The van der Waals surface area contributed by atoms with Crippen molar-refractivity contribution in [1.29, 1.82) is 0 Å². The van der Waals surface area contributed by atoms with Crippen LogP contribution in [0.5, 0.6) is 0 Å². The van der Waals surface area contributed by atoms with Crippen molar-refractivity contribution in [2.45, 2.75) is 109 Å². The van der Waals surface area contributed by atoms with Crippen molar-refractivity contribution in [1.82, 2.24) is 0 Å². The standard InChI is InChI=1S/C29H53N4O4P/c1-33(2,3)25-27-37-38(34,35)36-26-19-17-15-13-11-9-7-5-4-6-8-10-12-14-16-18-20-28-21-23-29(24-22-28)31-32-30/h21-24H,4-20,25-27H2,1-3H3/p+1. The first-order valence-corrected chi connectivity index (χ1v) is 16.3. The van der Waals surface area contributed by atoms with Crippen molar-refractivity contribution in [3.05, 3.63) is 40.3 Å². The average molecular weight is 554 g/mol. The third-order valence-corrected chi connectivity index (χ3v) is 7.75. The smallest absolute Gasteiger partial charge is 0.329 e. The number of aryl methyl sites for hydroxylation is 1. The summed E-state index contributed by atoms with van der Waals surface area (Å²) in [5, 5.41) is 3.61. The summed E-state index contributed by atoms with van der Waals surface area (Å²) in [7, 11) is 2.13. The SMILES string of the molecule is C[N+](C)(C)CCOP(=O)(O)OCCCCCCCCCCCCCCCCCCc1ccc(N=[N+]=[N-])cc1. The van der Waals surface area contributed by atoms with Crippen molar-refractivity contribution >= 4 is 13.5 Å². The van der Waals surface area contributed by atoms with Gasteiger partial charge in [-0.1, -0.05) is 119 Å². The predicted molar refractivity (Wildman–Crippen MR) is 157 cm³/mol. The van der Waals surface area contributed by atoms with Crippen LogP contribution in [0.2, 0.25) is 0 Å². The lowest BCUT2D eigenvalue weighted by Crippen LogP contribution is -2.37. The first-order valence-electron chi connectivity index (χ1n) is 14.8. The Morgan fingerprint density at radius 3 is 1.61 bits per heavy atom. The van der Waals surface area contributed by atoms with Crippen LogP contribution in [0.1, 0.15) is 108 Å². The third kappa shape index (κ3) is 21.5. The molecule has 1 aromatic rings. The highest BCUT2D eigenvalue weighted by molar-refractivity contribution is 7.47. The fourth-order valence-electron chi connectivity index (χ4n) is 4.33. The molecule has 0 saturated carbocycles. The van der Waals surface area contributed by atoms with Crippen molar-refractivity contribution in [2.75, 3.05) is 40.9 Å². The molecule has 1 atom stereocenters. The van der Waals surface area contributed by atoms with Crippen molar-refractivity contribution in [3.63, 3.8) is 0 Å². The van der Waals surface area contributed by atoms with Gasteiger partial charge >= 0.3 is 7.82 Å². The Labute approximate surface area is 231 Å². The second-order valence-electron chi connectivity index (χ2n) is 11.4. The van der Waals surface area contributed by atoms with Crippen LogP contribution in [-0.4, -0.2) is 50.3 Å². The van der Waals surface area contributed by atoms with Crippen LogP contribution in [0.4, 0.5) is 5.69 Å². The van der Waals surface area contributed by atoms with Crippen LogP contribution in [0, 0.1) is 0 Å². The summed E-state index contributed by atoms with van der Waals surface area (Å²) in [5.74, 6) is 0. The van der Waals surface area contributed by atoms with E-state index in [9.17, 15) is 9.46 Å². The second kappa shape index (κ2) is 21.4. The minimum absolute atomic E-state index is 0.220. The van der Waals surface area contributed by atoms with E-state index in [2.05, 4.69) is 22.2 Å². The predicted octanol–water partition coefficient (Wildman–Crippen LogP) is 9.25. The number of phosphoric ester groups is 1. The van der Waals surface area contributed by atoms with Gasteiger partial charge in [0, 0.05) is 10.6 Å². The van der Waals surface area contributed by atoms with E-state index in [1.165, 1.54) is 89.0 Å². The van der Waals surface area contributed by atoms with E-state index in [4.69, 9.17) is 14.6 Å². The fraction of sp³-hybridized carbons (Fsp3) is 0.793. The topological polar surface area (TPSA) is 105 Å². The Balaban J connectivity index is 1.79. The molecule has 0 aliphatic rings. The maximum atomic E-state index is 11.8. The Morgan fingerprint density at radius 2 is 1.16 bits per heavy atom. The largest absolute Gasteiger partial charge is 0.472 e. The number of phosphoric acid groups is 1. The lowest BCUT2D eigenvalue weighted by Gasteiger charge is -2.24. The number of rotatable bonds is 25. The third-order valence-electron chi connectivity index (χ3n) is 6.73. The molecule has 9 heteroatoms. The molecule has 0 fully saturated rings. The number of quaternary nitrogens is 1. The molecular weight excluding hydrogens is 499 g/mol. The lowest BCUT2D eigenvalue weighted by molar-refractivity contribution is -0.870. The minimum Gasteiger partial charge on any atom is -0.329 e. The summed E-state index contributed by atoms with van der Waals surface area (Å²) >= 11 is 0. The van der Waals surface area contributed by atoms with E-state index in [0.717, 1.165) is 25.7 Å². The van der Waals surface area contributed by atoms with Gasteiger partial charge in [0.15, 0.2) is 0 Å². The molecule has 1 aromatic carbocycles. The zero-order valence-electron chi connectivity index (χ0n) is 24.4. The molecular formula is C29H54N4O4P+. The maximum absolute atomic E-state index is 11.8. The van der Waals surface area contributed by atoms with Crippen molar-refractivity contribution in [3.8, 4) is 0 Å². The quantitative estimate of drug-likeness (QED) is 0.0325. The number of unbranched alkanes of at least 4 members (excludes halogenated alkanes) is 15. The summed E-state index contributed by atoms with van der Waals surface area (Å²) in [6.45, 7) is 1.17. The first-order chi connectivity index (χ1) is 18.2. The Kier molecular flexibility index (Phi) is 19.5. The van der Waals surface area contributed by atoms with E-state index >= 15 is 0 Å². The Bertz CT molecular complexity index is 808. The first kappa shape index (κ1) is 34.6. The van der Waals surface area contributed by atoms with Crippen LogP contribution in [-0.2, 0) is 20.0 Å². The molecule has 0 radical (unpaired) electrons. The van der Waals surface area contributed by atoms with Crippen LogP contribution in [0.3, 0.4) is 0 Å². The van der Waals surface area contributed by atoms with Gasteiger partial charge in [0.2, 0.25) is 0 Å². The van der Waals surface area contributed by atoms with Crippen molar-refractivity contribution in [2.24, 2.45) is 5.11 Å². The van der Waals surface area contributed by atoms with Crippen molar-refractivity contribution < 1.29 is 23.0 Å². The molecule has 0 amide bonds. The van der Waals surface area contributed by atoms with Gasteiger partial charge in [-0.05, 0) is 30.4 Å². The molecule has 0 aromatic heterocycles. The van der Waals surface area contributed by atoms with Gasteiger partial charge in [-0.25, -0.2) is 4.57 Å². The molecule has 38 heavy (non-hydrogen) atoms. The van der Waals surface area contributed by atoms with Gasteiger partial charge in [0.05, 0.1) is 27.7 Å². The van der Waals surface area contributed by atoms with E-state index in [0.29, 0.717) is 16.7 Å². The molecule has 1 unspecified atom stereocenters. The summed E-state index contributed by atoms with van der Waals surface area (Å²) < 4.78 is 22.6. The van der Waals surface area contributed by atoms with Crippen LogP contribution < -0.4 is 0 Å². The van der Waals surface area contributed by atoms with Gasteiger partial charge in [-0.15, -0.1) is 0 Å². The second-order valence-corrected chi connectivity index (χ2v) is 12.9. The summed E-state index contributed by atoms with van der Waals surface area (Å²) in [6.07, 6.45) is 21.3. The minimum atomic E-state index is -3.90.